The number of nitrogens with one attached hydrogen (secondary N) is 2. The van der Waals surface area contributed by atoms with Gasteiger partial charge in [0.25, 0.3) is 0 Å². The van der Waals surface area contributed by atoms with E-state index in [4.69, 9.17) is 4.98 Å². The van der Waals surface area contributed by atoms with Crippen molar-refractivity contribution in [2.75, 3.05) is 29.1 Å². The average molecular weight is 567 g/mol. The number of aryl methyl sites for hydroxylation is 1. The molecule has 2 saturated carbocycles. The van der Waals surface area contributed by atoms with E-state index in [0.29, 0.717) is 41.1 Å². The van der Waals surface area contributed by atoms with E-state index in [1.165, 1.54) is 18.3 Å². The highest BCUT2D eigenvalue weighted by Gasteiger charge is 2.46. The Balaban J connectivity index is 1.08. The van der Waals surface area contributed by atoms with Crippen LogP contribution in [-0.2, 0) is 9.59 Å². The lowest BCUT2D eigenvalue weighted by Crippen LogP contribution is -2.30. The lowest BCUT2D eigenvalue weighted by molar-refractivity contribution is -0.124. The zero-order chi connectivity index (χ0) is 29.1. The lowest BCUT2D eigenvalue weighted by Gasteiger charge is -2.17. The number of fused-ring (bicyclic) bond motifs is 1. The number of hydrogen-bond donors (Lipinski definition) is 2. The molecule has 4 amide bonds. The monoisotopic (exact) mass is 566 g/mol. The van der Waals surface area contributed by atoms with Crippen LogP contribution in [0.4, 0.5) is 22.1 Å². The number of imidazole rings is 1. The summed E-state index contributed by atoms with van der Waals surface area (Å²) in [6.45, 7) is 3.85. The number of carbonyl (C=O) groups excluding carboxylic acids is 3. The molecule has 2 N–H and O–H groups in total. The number of aromatic nitrogens is 6. The highest BCUT2D eigenvalue weighted by molar-refractivity contribution is 6.13. The van der Waals surface area contributed by atoms with E-state index in [0.717, 1.165) is 34.7 Å². The first kappa shape index (κ1) is 26.0. The Kier molecular flexibility index (Phi) is 6.10. The molecule has 0 bridgehead atoms. The Morgan fingerprint density at radius 2 is 1.88 bits per heavy atom. The van der Waals surface area contributed by atoms with Gasteiger partial charge in [0.15, 0.2) is 5.65 Å². The third kappa shape index (κ3) is 4.80. The molecule has 0 spiro atoms. The van der Waals surface area contributed by atoms with Gasteiger partial charge in [-0.25, -0.2) is 29.7 Å². The molecule has 0 radical (unpaired) electrons. The van der Waals surface area contributed by atoms with Crippen molar-refractivity contribution >= 4 is 40.8 Å². The van der Waals surface area contributed by atoms with Gasteiger partial charge in [0.1, 0.15) is 30.3 Å². The van der Waals surface area contributed by atoms with E-state index in [1.54, 1.807) is 12.3 Å². The highest BCUT2D eigenvalue weighted by Crippen LogP contribution is 2.46. The van der Waals surface area contributed by atoms with E-state index in [1.807, 2.05) is 36.6 Å². The second-order valence-electron chi connectivity index (χ2n) is 11.3. The van der Waals surface area contributed by atoms with Crippen molar-refractivity contribution in [3.8, 4) is 0 Å². The largest absolute Gasteiger partial charge is 0.362 e. The number of nitrogens with zero attached hydrogens (tertiary/aromatic N) is 8. The van der Waals surface area contributed by atoms with E-state index in [9.17, 15) is 14.4 Å². The molecule has 4 aromatic heterocycles. The predicted molar refractivity (Wildman–Crippen MR) is 153 cm³/mol. The van der Waals surface area contributed by atoms with Gasteiger partial charge < -0.3 is 15.0 Å². The Hall–Kier alpha value is -4.94. The molecule has 13 heteroatoms. The molecular weight excluding hydrogens is 536 g/mol. The quantitative estimate of drug-likeness (QED) is 0.306. The first-order valence-electron chi connectivity index (χ1n) is 14.0. The third-order valence-corrected chi connectivity index (χ3v) is 8.10. The molecule has 4 aromatic rings. The van der Waals surface area contributed by atoms with Crippen LogP contribution in [-0.4, -0.2) is 65.7 Å². The Labute approximate surface area is 241 Å². The van der Waals surface area contributed by atoms with Crippen LogP contribution < -0.4 is 15.5 Å². The van der Waals surface area contributed by atoms with E-state index in [-0.39, 0.29) is 42.3 Å². The smallest absolute Gasteiger partial charge is 0.331 e. The minimum Gasteiger partial charge on any atom is -0.362 e. The number of imide groups is 1. The summed E-state index contributed by atoms with van der Waals surface area (Å²) in [5, 5.41) is 6.23. The maximum Gasteiger partial charge on any atom is 0.331 e. The molecule has 42 heavy (non-hydrogen) atoms. The summed E-state index contributed by atoms with van der Waals surface area (Å²) < 4.78 is 1.93. The number of urea groups is 1. The Morgan fingerprint density at radius 1 is 1.07 bits per heavy atom. The minimum absolute atomic E-state index is 0.00976. The zero-order valence-corrected chi connectivity index (χ0v) is 23.5. The normalized spacial score (nSPS) is 20.7. The molecule has 1 aliphatic heterocycles. The molecule has 2 aliphatic carbocycles. The van der Waals surface area contributed by atoms with Crippen LogP contribution in [0, 0.1) is 12.8 Å². The maximum absolute atomic E-state index is 12.9. The average Bonchev–Trinajstić information content (AvgIpc) is 3.90. The molecule has 3 fully saturated rings. The molecule has 1 saturated heterocycles. The van der Waals surface area contributed by atoms with Gasteiger partial charge in [0.2, 0.25) is 11.8 Å². The van der Waals surface area contributed by atoms with Crippen LogP contribution in [0.25, 0.3) is 5.65 Å². The summed E-state index contributed by atoms with van der Waals surface area (Å²) in [6, 6.07) is 4.89. The van der Waals surface area contributed by atoms with Crippen LogP contribution in [0.1, 0.15) is 66.8 Å². The molecule has 7 rings (SSSR count). The number of anilines is 3. The van der Waals surface area contributed by atoms with Gasteiger partial charge >= 0.3 is 6.03 Å². The summed E-state index contributed by atoms with van der Waals surface area (Å²) in [4.78, 5) is 62.8. The molecule has 3 aliphatic rings. The van der Waals surface area contributed by atoms with Crippen molar-refractivity contribution in [3.05, 3.63) is 65.9 Å². The lowest BCUT2D eigenvalue weighted by atomic mass is 10.1. The summed E-state index contributed by atoms with van der Waals surface area (Å²) in [6.07, 6.45) is 10.0. The van der Waals surface area contributed by atoms with Crippen molar-refractivity contribution in [1.29, 1.82) is 0 Å². The molecule has 0 unspecified atom stereocenters. The SMILES string of the molecule is Cc1ccnc([C@@H]2C[C@H]2C(=O)Nc2cc(N[C@@H](C)c3cn4cc(C5CC5)cc(N5CC(=O)N(C)C5=O)c4n3)ncn2)n1. The molecule has 5 heterocycles. The molecule has 0 aromatic carbocycles. The fourth-order valence-electron chi connectivity index (χ4n) is 5.39. The number of likely N-dealkylation sites (N-methyl/N-ethyl adjacent to an activating group) is 1. The van der Waals surface area contributed by atoms with Crippen molar-refractivity contribution < 1.29 is 14.4 Å². The second-order valence-corrected chi connectivity index (χ2v) is 11.3. The summed E-state index contributed by atoms with van der Waals surface area (Å²) in [7, 11) is 1.50. The fourth-order valence-corrected chi connectivity index (χ4v) is 5.39. The second kappa shape index (κ2) is 9.86. The van der Waals surface area contributed by atoms with Gasteiger partial charge in [0.05, 0.1) is 17.4 Å². The number of carbonyl (C=O) groups is 3. The molecular formula is C29H30N10O3. The van der Waals surface area contributed by atoms with Crippen molar-refractivity contribution in [2.45, 2.75) is 51.0 Å². The molecule has 214 valence electrons. The molecule has 13 nitrogen and oxygen atoms in total. The van der Waals surface area contributed by atoms with Gasteiger partial charge in [-0.15, -0.1) is 0 Å². The van der Waals surface area contributed by atoms with Gasteiger partial charge in [-0.1, -0.05) is 0 Å². The first-order valence-corrected chi connectivity index (χ1v) is 14.0. The Bertz CT molecular complexity index is 1750. The van der Waals surface area contributed by atoms with Crippen molar-refractivity contribution in [1.82, 2.24) is 34.2 Å². The van der Waals surface area contributed by atoms with Crippen LogP contribution in [0.5, 0.6) is 0 Å². The Morgan fingerprint density at radius 3 is 2.62 bits per heavy atom. The summed E-state index contributed by atoms with van der Waals surface area (Å²) >= 11 is 0. The third-order valence-electron chi connectivity index (χ3n) is 8.10. The topological polar surface area (TPSA) is 151 Å². The number of hydrogen-bond acceptors (Lipinski definition) is 9. The van der Waals surface area contributed by atoms with Gasteiger partial charge in [-0.05, 0) is 56.7 Å². The first-order chi connectivity index (χ1) is 20.2. The molecule has 3 atom stereocenters. The van der Waals surface area contributed by atoms with E-state index in [2.05, 4.69) is 36.8 Å². The summed E-state index contributed by atoms with van der Waals surface area (Å²) in [5.41, 5.74) is 3.97. The number of rotatable bonds is 8. The highest BCUT2D eigenvalue weighted by atomic mass is 16.2. The standard InChI is InChI=1S/C29H30N10O3/c1-15-6-7-30-26(33-15)19-9-20(19)28(41)36-24-10-23(31-14-32-24)34-16(2)21-12-38-11-18(17-4-5-17)8-22(27(38)35-21)39-13-25(40)37(3)29(39)42/h6-8,10-12,14,16-17,19-20H,4-5,9,13H2,1-3H3,(H2,31,32,34,36,41)/t16-,19+,20+/m0/s1. The van der Waals surface area contributed by atoms with Crippen LogP contribution >= 0.6 is 0 Å². The van der Waals surface area contributed by atoms with Crippen molar-refractivity contribution in [3.63, 3.8) is 0 Å². The predicted octanol–water partition coefficient (Wildman–Crippen LogP) is 3.41. The fraction of sp³-hybridized carbons (Fsp3) is 0.379. The van der Waals surface area contributed by atoms with Crippen LogP contribution in [0.2, 0.25) is 0 Å². The maximum atomic E-state index is 12.9. The van der Waals surface area contributed by atoms with Gasteiger partial charge in [0, 0.05) is 49.2 Å². The van der Waals surface area contributed by atoms with Crippen LogP contribution in [0.15, 0.2) is 43.1 Å². The number of amides is 4. The van der Waals surface area contributed by atoms with E-state index >= 15 is 0 Å². The van der Waals surface area contributed by atoms with E-state index < -0.39 is 0 Å². The van der Waals surface area contributed by atoms with Gasteiger partial charge in [-0.3, -0.25) is 19.4 Å². The van der Waals surface area contributed by atoms with Gasteiger partial charge in [-0.2, -0.15) is 0 Å². The zero-order valence-electron chi connectivity index (χ0n) is 23.5. The van der Waals surface area contributed by atoms with Crippen LogP contribution in [0.3, 0.4) is 0 Å². The summed E-state index contributed by atoms with van der Waals surface area (Å²) in [5.74, 6) is 1.52. The van der Waals surface area contributed by atoms with Crippen molar-refractivity contribution in [2.24, 2.45) is 5.92 Å². The number of pyridine rings is 1. The minimum atomic E-state index is -0.356.